The molecule has 3 rings (SSSR count). The Labute approximate surface area is 115 Å². The number of rotatable bonds is 3. The van der Waals surface area contributed by atoms with Gasteiger partial charge in [0.15, 0.2) is 0 Å². The first kappa shape index (κ1) is 12.3. The van der Waals surface area contributed by atoms with Gasteiger partial charge in [-0.15, -0.1) is 0 Å². The molecule has 0 amide bonds. The van der Waals surface area contributed by atoms with Crippen LogP contribution in [0.4, 0.5) is 5.82 Å². The monoisotopic (exact) mass is 266 g/mol. The molecule has 1 N–H and O–H groups in total. The van der Waals surface area contributed by atoms with Crippen LogP contribution in [-0.4, -0.2) is 21.6 Å². The van der Waals surface area contributed by atoms with Crippen LogP contribution in [-0.2, 0) is 6.54 Å². The van der Waals surface area contributed by atoms with Gasteiger partial charge in [0.05, 0.1) is 23.8 Å². The predicted molar refractivity (Wildman–Crippen MR) is 78.9 cm³/mol. The second-order valence-electron chi connectivity index (χ2n) is 4.50. The maximum absolute atomic E-state index is 12.3. The topological polar surface area (TPSA) is 59.8 Å². The van der Waals surface area contributed by atoms with Crippen molar-refractivity contribution in [3.8, 4) is 0 Å². The maximum atomic E-state index is 12.3. The van der Waals surface area contributed by atoms with E-state index in [0.29, 0.717) is 11.9 Å². The molecule has 0 fully saturated rings. The van der Waals surface area contributed by atoms with E-state index in [0.717, 1.165) is 16.9 Å². The number of nitrogens with one attached hydrogen (secondary N) is 1. The zero-order valence-electron chi connectivity index (χ0n) is 11.1. The van der Waals surface area contributed by atoms with Crippen molar-refractivity contribution in [2.24, 2.45) is 0 Å². The molecule has 0 bridgehead atoms. The zero-order chi connectivity index (χ0) is 13.9. The Kier molecular flexibility index (Phi) is 3.16. The lowest BCUT2D eigenvalue weighted by Crippen LogP contribution is -2.21. The number of hydrogen-bond donors (Lipinski definition) is 1. The molecule has 0 atom stereocenters. The molecule has 0 saturated carbocycles. The molecule has 0 spiro atoms. The fourth-order valence-corrected chi connectivity index (χ4v) is 2.08. The van der Waals surface area contributed by atoms with Crippen LogP contribution in [0.1, 0.15) is 5.56 Å². The highest BCUT2D eigenvalue weighted by Gasteiger charge is 2.04. The van der Waals surface area contributed by atoms with Gasteiger partial charge in [-0.3, -0.25) is 9.36 Å². The van der Waals surface area contributed by atoms with Gasteiger partial charge in [-0.05, 0) is 23.8 Å². The molecule has 1 aromatic carbocycles. The smallest absolute Gasteiger partial charge is 0.261 e. The van der Waals surface area contributed by atoms with E-state index in [1.165, 1.54) is 0 Å². The van der Waals surface area contributed by atoms with Crippen LogP contribution in [0.2, 0.25) is 0 Å². The van der Waals surface area contributed by atoms with Crippen LogP contribution in [0.5, 0.6) is 0 Å². The van der Waals surface area contributed by atoms with Crippen molar-refractivity contribution in [2.75, 3.05) is 12.4 Å². The van der Waals surface area contributed by atoms with Crippen molar-refractivity contribution in [1.29, 1.82) is 0 Å². The van der Waals surface area contributed by atoms with E-state index in [1.54, 1.807) is 23.2 Å². The van der Waals surface area contributed by atoms with Crippen molar-refractivity contribution >= 4 is 16.7 Å². The third-order valence-electron chi connectivity index (χ3n) is 3.17. The first-order valence-electron chi connectivity index (χ1n) is 6.35. The number of aromatic nitrogens is 3. The standard InChI is InChI=1S/C15H14N4O/c1-16-14-7-6-11(8-17-14)9-19-10-18-13-5-3-2-4-12(13)15(19)20/h2-8,10H,9H2,1H3,(H,16,17). The van der Waals surface area contributed by atoms with Gasteiger partial charge in [-0.1, -0.05) is 18.2 Å². The summed E-state index contributed by atoms with van der Waals surface area (Å²) < 4.78 is 1.60. The van der Waals surface area contributed by atoms with Crippen molar-refractivity contribution in [3.05, 3.63) is 64.8 Å². The average molecular weight is 266 g/mol. The molecule has 0 radical (unpaired) electrons. The number of anilines is 1. The van der Waals surface area contributed by atoms with Gasteiger partial charge in [-0.2, -0.15) is 0 Å². The number of hydrogen-bond acceptors (Lipinski definition) is 4. The van der Waals surface area contributed by atoms with E-state index < -0.39 is 0 Å². The van der Waals surface area contributed by atoms with Crippen molar-refractivity contribution < 1.29 is 0 Å². The molecule has 0 saturated heterocycles. The number of nitrogens with zero attached hydrogens (tertiary/aromatic N) is 3. The number of fused-ring (bicyclic) bond motifs is 1. The molecular formula is C15H14N4O. The average Bonchev–Trinajstić information content (AvgIpc) is 2.51. The van der Waals surface area contributed by atoms with Crippen LogP contribution < -0.4 is 10.9 Å². The van der Waals surface area contributed by atoms with Gasteiger partial charge in [0.1, 0.15) is 5.82 Å². The molecule has 5 heteroatoms. The van der Waals surface area contributed by atoms with Crippen molar-refractivity contribution in [2.45, 2.75) is 6.54 Å². The van der Waals surface area contributed by atoms with Gasteiger partial charge in [0, 0.05) is 13.2 Å². The normalized spacial score (nSPS) is 10.7. The number of para-hydroxylation sites is 1. The second kappa shape index (κ2) is 5.13. The number of benzene rings is 1. The van der Waals surface area contributed by atoms with Gasteiger partial charge in [0.2, 0.25) is 0 Å². The lowest BCUT2D eigenvalue weighted by molar-refractivity contribution is 0.745. The molecule has 20 heavy (non-hydrogen) atoms. The van der Waals surface area contributed by atoms with Crippen molar-refractivity contribution in [1.82, 2.24) is 14.5 Å². The van der Waals surface area contributed by atoms with Crippen LogP contribution in [0.3, 0.4) is 0 Å². The van der Waals surface area contributed by atoms with E-state index >= 15 is 0 Å². The SMILES string of the molecule is CNc1ccc(Cn2cnc3ccccc3c2=O)cn1. The van der Waals surface area contributed by atoms with E-state index in [1.807, 2.05) is 37.4 Å². The molecular weight excluding hydrogens is 252 g/mol. The first-order valence-corrected chi connectivity index (χ1v) is 6.35. The molecule has 0 unspecified atom stereocenters. The summed E-state index contributed by atoms with van der Waals surface area (Å²) in [6.45, 7) is 0.466. The highest BCUT2D eigenvalue weighted by atomic mass is 16.1. The Hall–Kier alpha value is -2.69. The summed E-state index contributed by atoms with van der Waals surface area (Å²) in [5, 5.41) is 3.60. The van der Waals surface area contributed by atoms with Gasteiger partial charge in [-0.25, -0.2) is 9.97 Å². The summed E-state index contributed by atoms with van der Waals surface area (Å²) in [6.07, 6.45) is 3.34. The molecule has 2 heterocycles. The lowest BCUT2D eigenvalue weighted by Gasteiger charge is -2.07. The minimum atomic E-state index is -0.0340. The summed E-state index contributed by atoms with van der Waals surface area (Å²) in [7, 11) is 1.82. The summed E-state index contributed by atoms with van der Waals surface area (Å²) in [4.78, 5) is 20.9. The van der Waals surface area contributed by atoms with E-state index in [2.05, 4.69) is 15.3 Å². The van der Waals surface area contributed by atoms with E-state index in [-0.39, 0.29) is 5.56 Å². The molecule has 0 aliphatic rings. The Morgan fingerprint density at radius 1 is 1.15 bits per heavy atom. The molecule has 100 valence electrons. The minimum absolute atomic E-state index is 0.0340. The van der Waals surface area contributed by atoms with Crippen molar-refractivity contribution in [3.63, 3.8) is 0 Å². The largest absolute Gasteiger partial charge is 0.373 e. The third-order valence-corrected chi connectivity index (χ3v) is 3.17. The second-order valence-corrected chi connectivity index (χ2v) is 4.50. The summed E-state index contributed by atoms with van der Waals surface area (Å²) in [6, 6.07) is 11.2. The Bertz CT molecular complexity index is 793. The quantitative estimate of drug-likeness (QED) is 0.786. The Balaban J connectivity index is 1.98. The van der Waals surface area contributed by atoms with Gasteiger partial charge >= 0.3 is 0 Å². The van der Waals surface area contributed by atoms with Crippen LogP contribution in [0.15, 0.2) is 53.7 Å². The fourth-order valence-electron chi connectivity index (χ4n) is 2.08. The maximum Gasteiger partial charge on any atom is 0.261 e. The summed E-state index contributed by atoms with van der Waals surface area (Å²) >= 11 is 0. The molecule has 2 aromatic heterocycles. The number of pyridine rings is 1. The van der Waals surface area contributed by atoms with Crippen LogP contribution >= 0.6 is 0 Å². The molecule has 5 nitrogen and oxygen atoms in total. The third kappa shape index (κ3) is 2.25. The van der Waals surface area contributed by atoms with Crippen LogP contribution in [0.25, 0.3) is 10.9 Å². The predicted octanol–water partition coefficient (Wildman–Crippen LogP) is 1.88. The molecule has 0 aliphatic carbocycles. The minimum Gasteiger partial charge on any atom is -0.373 e. The zero-order valence-corrected chi connectivity index (χ0v) is 11.1. The molecule has 3 aromatic rings. The Morgan fingerprint density at radius 2 is 2.00 bits per heavy atom. The summed E-state index contributed by atoms with van der Waals surface area (Å²) in [5.74, 6) is 0.803. The molecule has 0 aliphatic heterocycles. The highest BCUT2D eigenvalue weighted by molar-refractivity contribution is 5.76. The highest BCUT2D eigenvalue weighted by Crippen LogP contribution is 2.07. The van der Waals surface area contributed by atoms with Gasteiger partial charge in [0.25, 0.3) is 5.56 Å². The van der Waals surface area contributed by atoms with Crippen LogP contribution in [0, 0.1) is 0 Å². The summed E-state index contributed by atoms with van der Waals surface area (Å²) in [5.41, 5.74) is 1.65. The fraction of sp³-hybridized carbons (Fsp3) is 0.133. The van der Waals surface area contributed by atoms with E-state index in [9.17, 15) is 4.79 Å². The van der Waals surface area contributed by atoms with Gasteiger partial charge < -0.3 is 5.32 Å². The Morgan fingerprint density at radius 3 is 2.75 bits per heavy atom. The van der Waals surface area contributed by atoms with E-state index in [4.69, 9.17) is 0 Å². The lowest BCUT2D eigenvalue weighted by atomic mass is 10.2. The first-order chi connectivity index (χ1) is 9.78.